The van der Waals surface area contributed by atoms with Crippen LogP contribution in [0, 0.1) is 11.7 Å². The fourth-order valence-corrected chi connectivity index (χ4v) is 4.01. The summed E-state index contributed by atoms with van der Waals surface area (Å²) in [6.45, 7) is 4.52. The summed E-state index contributed by atoms with van der Waals surface area (Å²) >= 11 is 0.882. The molecule has 2 N–H and O–H groups in total. The van der Waals surface area contributed by atoms with Crippen LogP contribution in [-0.2, 0) is 9.53 Å². The van der Waals surface area contributed by atoms with E-state index in [0.29, 0.717) is 51.4 Å². The Morgan fingerprint density at radius 3 is 2.72 bits per heavy atom. The highest BCUT2D eigenvalue weighted by atomic mass is 32.1. The van der Waals surface area contributed by atoms with Crippen LogP contribution in [0.4, 0.5) is 10.1 Å². The van der Waals surface area contributed by atoms with Gasteiger partial charge in [0.05, 0.1) is 5.92 Å². The Bertz CT molecular complexity index is 937. The lowest BCUT2D eigenvalue weighted by Gasteiger charge is -2.31. The first-order chi connectivity index (χ1) is 15.5. The van der Waals surface area contributed by atoms with E-state index in [-0.39, 0.29) is 27.7 Å². The van der Waals surface area contributed by atoms with E-state index in [4.69, 9.17) is 4.74 Å². The van der Waals surface area contributed by atoms with Gasteiger partial charge in [0.2, 0.25) is 15.9 Å². The molecule has 2 heterocycles. The molecule has 0 unspecified atom stereocenters. The number of aromatic nitrogens is 2. The Kier molecular flexibility index (Phi) is 8.63. The molecule has 1 aromatic heterocycles. The molecule has 9 nitrogen and oxygen atoms in total. The van der Waals surface area contributed by atoms with E-state index < -0.39 is 11.7 Å². The van der Waals surface area contributed by atoms with Crippen molar-refractivity contribution in [3.8, 4) is 0 Å². The second-order valence-electron chi connectivity index (χ2n) is 7.31. The number of hydrogen-bond donors (Lipinski definition) is 2. The number of carbonyl (C=O) groups is 3. The monoisotopic (exact) mass is 463 g/mol. The molecule has 1 fully saturated rings. The van der Waals surface area contributed by atoms with Crippen LogP contribution in [0.1, 0.15) is 45.8 Å². The maximum Gasteiger partial charge on any atom is 0.286 e. The lowest BCUT2D eigenvalue weighted by molar-refractivity contribution is -0.126. The van der Waals surface area contributed by atoms with Gasteiger partial charge < -0.3 is 20.3 Å². The van der Waals surface area contributed by atoms with Gasteiger partial charge in [-0.2, -0.15) is 0 Å². The first kappa shape index (κ1) is 23.7. The Morgan fingerprint density at radius 1 is 1.22 bits per heavy atom. The molecule has 1 aliphatic heterocycles. The van der Waals surface area contributed by atoms with E-state index in [2.05, 4.69) is 20.8 Å². The van der Waals surface area contributed by atoms with E-state index in [0.717, 1.165) is 17.8 Å². The molecule has 11 heteroatoms. The molecule has 1 aromatic carbocycles. The van der Waals surface area contributed by atoms with E-state index in [9.17, 15) is 18.8 Å². The van der Waals surface area contributed by atoms with Crippen LogP contribution in [0.15, 0.2) is 24.3 Å². The number of likely N-dealkylation sites (tertiary alicyclic amines) is 1. The van der Waals surface area contributed by atoms with Gasteiger partial charge in [-0.05, 0) is 50.5 Å². The SMILES string of the molecule is CCOCCCNC(=O)[C@H]1CCCN(C(=O)c2nnc(C(=O)Nc3ccc(F)cc3)s2)C1. The molecule has 1 aliphatic rings. The number of hydrogen-bond acceptors (Lipinski definition) is 7. The van der Waals surface area contributed by atoms with Crippen LogP contribution >= 0.6 is 11.3 Å². The minimum absolute atomic E-state index is 0.0262. The van der Waals surface area contributed by atoms with Crippen LogP contribution in [-0.4, -0.2) is 65.7 Å². The number of amides is 3. The van der Waals surface area contributed by atoms with Crippen LogP contribution < -0.4 is 10.6 Å². The molecule has 1 saturated heterocycles. The Balaban J connectivity index is 1.53. The quantitative estimate of drug-likeness (QED) is 0.552. The van der Waals surface area contributed by atoms with E-state index in [1.165, 1.54) is 24.3 Å². The Morgan fingerprint density at radius 2 is 1.97 bits per heavy atom. The molecule has 2 aromatic rings. The molecule has 3 rings (SSSR count). The fourth-order valence-electron chi connectivity index (χ4n) is 3.30. The van der Waals surface area contributed by atoms with E-state index in [1.54, 1.807) is 4.90 Å². The zero-order chi connectivity index (χ0) is 22.9. The minimum atomic E-state index is -0.531. The summed E-state index contributed by atoms with van der Waals surface area (Å²) in [6, 6.07) is 5.31. The highest BCUT2D eigenvalue weighted by Gasteiger charge is 2.30. The van der Waals surface area contributed by atoms with E-state index in [1.807, 2.05) is 6.92 Å². The molecule has 1 atom stereocenters. The normalized spacial score (nSPS) is 15.9. The highest BCUT2D eigenvalue weighted by Crippen LogP contribution is 2.21. The van der Waals surface area contributed by atoms with Crippen molar-refractivity contribution < 1.29 is 23.5 Å². The van der Waals surface area contributed by atoms with Gasteiger partial charge in [0.1, 0.15) is 5.82 Å². The van der Waals surface area contributed by atoms with Crippen molar-refractivity contribution in [3.63, 3.8) is 0 Å². The van der Waals surface area contributed by atoms with Crippen molar-refractivity contribution in [1.82, 2.24) is 20.4 Å². The van der Waals surface area contributed by atoms with Crippen LogP contribution in [0.25, 0.3) is 0 Å². The fraction of sp³-hybridized carbons (Fsp3) is 0.476. The predicted molar refractivity (Wildman–Crippen MR) is 117 cm³/mol. The summed E-state index contributed by atoms with van der Waals surface area (Å²) in [4.78, 5) is 39.2. The standard InChI is InChI=1S/C21H26FN5O4S/c1-2-31-12-4-10-23-17(28)14-5-3-11-27(13-14)21(30)20-26-25-19(32-20)18(29)24-16-8-6-15(22)7-9-16/h6-9,14H,2-5,10-13H2,1H3,(H,23,28)(H,24,29)/t14-/m0/s1. The number of nitrogens with one attached hydrogen (secondary N) is 2. The third kappa shape index (κ3) is 6.54. The predicted octanol–water partition coefficient (Wildman–Crippen LogP) is 2.32. The van der Waals surface area contributed by atoms with Crippen molar-refractivity contribution in [2.24, 2.45) is 5.92 Å². The zero-order valence-corrected chi connectivity index (χ0v) is 18.6. The van der Waals surface area contributed by atoms with Gasteiger partial charge in [-0.1, -0.05) is 11.3 Å². The lowest BCUT2D eigenvalue weighted by atomic mass is 9.97. The Labute approximate surface area is 189 Å². The zero-order valence-electron chi connectivity index (χ0n) is 17.8. The van der Waals surface area contributed by atoms with Crippen molar-refractivity contribution in [2.45, 2.75) is 26.2 Å². The molecule has 0 spiro atoms. The van der Waals surface area contributed by atoms with Gasteiger partial charge in [0, 0.05) is 38.5 Å². The summed E-state index contributed by atoms with van der Waals surface area (Å²) in [5.74, 6) is -1.65. The molecule has 0 aliphatic carbocycles. The van der Waals surface area contributed by atoms with Gasteiger partial charge >= 0.3 is 0 Å². The first-order valence-electron chi connectivity index (χ1n) is 10.5. The molecular formula is C21H26FN5O4S. The number of carbonyl (C=O) groups excluding carboxylic acids is 3. The molecule has 0 saturated carbocycles. The number of ether oxygens (including phenoxy) is 1. The number of piperidine rings is 1. The number of halogens is 1. The van der Waals surface area contributed by atoms with Gasteiger partial charge in [0.25, 0.3) is 11.8 Å². The van der Waals surface area contributed by atoms with Crippen molar-refractivity contribution >= 4 is 34.7 Å². The number of nitrogens with zero attached hydrogens (tertiary/aromatic N) is 3. The summed E-state index contributed by atoms with van der Waals surface area (Å²) in [6.07, 6.45) is 2.16. The van der Waals surface area contributed by atoms with E-state index >= 15 is 0 Å². The summed E-state index contributed by atoms with van der Waals surface area (Å²) < 4.78 is 18.2. The maximum absolute atomic E-state index is 13.0. The molecule has 0 radical (unpaired) electrons. The number of rotatable bonds is 9. The van der Waals surface area contributed by atoms with Crippen molar-refractivity contribution in [3.05, 3.63) is 40.1 Å². The summed E-state index contributed by atoms with van der Waals surface area (Å²) in [5, 5.41) is 13.3. The second-order valence-corrected chi connectivity index (χ2v) is 8.28. The molecule has 172 valence electrons. The summed E-state index contributed by atoms with van der Waals surface area (Å²) in [7, 11) is 0. The van der Waals surface area contributed by atoms with Crippen molar-refractivity contribution in [1.29, 1.82) is 0 Å². The van der Waals surface area contributed by atoms with Crippen LogP contribution in [0.5, 0.6) is 0 Å². The summed E-state index contributed by atoms with van der Waals surface area (Å²) in [5.41, 5.74) is 0.408. The third-order valence-electron chi connectivity index (χ3n) is 4.95. The largest absolute Gasteiger partial charge is 0.382 e. The van der Waals surface area contributed by atoms with Gasteiger partial charge in [-0.15, -0.1) is 10.2 Å². The third-order valence-corrected chi connectivity index (χ3v) is 5.86. The van der Waals surface area contributed by atoms with Gasteiger partial charge in [0.15, 0.2) is 0 Å². The topological polar surface area (TPSA) is 114 Å². The van der Waals surface area contributed by atoms with Crippen LogP contribution in [0.3, 0.4) is 0 Å². The smallest absolute Gasteiger partial charge is 0.286 e. The minimum Gasteiger partial charge on any atom is -0.382 e. The number of benzene rings is 1. The molecule has 32 heavy (non-hydrogen) atoms. The number of anilines is 1. The Hall–Kier alpha value is -2.92. The average Bonchev–Trinajstić information content (AvgIpc) is 3.30. The molecular weight excluding hydrogens is 437 g/mol. The molecule has 0 bridgehead atoms. The van der Waals surface area contributed by atoms with Gasteiger partial charge in [-0.25, -0.2) is 4.39 Å². The average molecular weight is 464 g/mol. The van der Waals surface area contributed by atoms with Crippen LogP contribution in [0.2, 0.25) is 0 Å². The van der Waals surface area contributed by atoms with Gasteiger partial charge in [-0.3, -0.25) is 14.4 Å². The maximum atomic E-state index is 13.0. The second kappa shape index (κ2) is 11.6. The first-order valence-corrected chi connectivity index (χ1v) is 11.3. The molecule has 3 amide bonds. The van der Waals surface area contributed by atoms with Crippen molar-refractivity contribution in [2.75, 3.05) is 38.2 Å². The highest BCUT2D eigenvalue weighted by molar-refractivity contribution is 7.15. The lowest BCUT2D eigenvalue weighted by Crippen LogP contribution is -2.45.